The minimum absolute atomic E-state index is 0.0214. The molecule has 6 nitrogen and oxygen atoms in total. The molecule has 2 amide bonds. The van der Waals surface area contributed by atoms with Gasteiger partial charge in [0.25, 0.3) is 0 Å². The van der Waals surface area contributed by atoms with Crippen molar-refractivity contribution in [2.24, 2.45) is 0 Å². The first-order valence-corrected chi connectivity index (χ1v) is 11.5. The molecule has 7 heteroatoms. The van der Waals surface area contributed by atoms with Gasteiger partial charge in [0.2, 0.25) is 11.8 Å². The molecule has 2 aromatic rings. The number of sulfone groups is 1. The lowest BCUT2D eigenvalue weighted by Crippen LogP contribution is -2.46. The summed E-state index contributed by atoms with van der Waals surface area (Å²) in [5, 5.41) is 2.83. The third-order valence-electron chi connectivity index (χ3n) is 5.03. The molecular formula is C22H26N2O4S. The summed E-state index contributed by atoms with van der Waals surface area (Å²) in [6.45, 7) is 0.782. The lowest BCUT2D eigenvalue weighted by molar-refractivity contribution is -0.142. The van der Waals surface area contributed by atoms with E-state index < -0.39 is 15.9 Å². The topological polar surface area (TPSA) is 83.6 Å². The van der Waals surface area contributed by atoms with Gasteiger partial charge in [-0.3, -0.25) is 9.59 Å². The van der Waals surface area contributed by atoms with Crippen LogP contribution < -0.4 is 5.32 Å². The average molecular weight is 415 g/mol. The molecule has 1 heterocycles. The number of amides is 2. The van der Waals surface area contributed by atoms with E-state index in [4.69, 9.17) is 0 Å². The van der Waals surface area contributed by atoms with Crippen molar-refractivity contribution in [3.8, 4) is 0 Å². The Bertz CT molecular complexity index is 930. The van der Waals surface area contributed by atoms with E-state index in [9.17, 15) is 18.0 Å². The van der Waals surface area contributed by atoms with Gasteiger partial charge >= 0.3 is 0 Å². The molecule has 0 bridgehead atoms. The van der Waals surface area contributed by atoms with Crippen LogP contribution in [0.1, 0.15) is 37.3 Å². The van der Waals surface area contributed by atoms with Gasteiger partial charge in [-0.2, -0.15) is 0 Å². The number of hydrogen-bond donors (Lipinski definition) is 1. The first kappa shape index (κ1) is 21.0. The maximum atomic E-state index is 12.9. The fourth-order valence-corrected chi connectivity index (χ4v) is 4.86. The van der Waals surface area contributed by atoms with Crippen LogP contribution in [0.4, 0.5) is 0 Å². The minimum atomic E-state index is -3.38. The second-order valence-corrected chi connectivity index (χ2v) is 9.24. The number of likely N-dealkylation sites (tertiary alicyclic amines) is 1. The van der Waals surface area contributed by atoms with E-state index >= 15 is 0 Å². The fraction of sp³-hybridized carbons (Fsp3) is 0.364. The maximum Gasteiger partial charge on any atom is 0.247 e. The van der Waals surface area contributed by atoms with Gasteiger partial charge in [0.1, 0.15) is 6.04 Å². The summed E-state index contributed by atoms with van der Waals surface area (Å²) < 4.78 is 24.7. The third-order valence-corrected chi connectivity index (χ3v) is 6.84. The molecule has 0 spiro atoms. The number of hydrogen-bond acceptors (Lipinski definition) is 4. The van der Waals surface area contributed by atoms with Crippen molar-refractivity contribution in [3.63, 3.8) is 0 Å². The van der Waals surface area contributed by atoms with Crippen molar-refractivity contribution < 1.29 is 18.0 Å². The number of carbonyl (C=O) groups is 2. The van der Waals surface area contributed by atoms with Crippen LogP contribution in [0.25, 0.3) is 0 Å². The van der Waals surface area contributed by atoms with E-state index in [0.29, 0.717) is 19.4 Å². The summed E-state index contributed by atoms with van der Waals surface area (Å²) in [6, 6.07) is 16.8. The van der Waals surface area contributed by atoms with Crippen molar-refractivity contribution in [1.29, 1.82) is 0 Å². The SMILES string of the molecule is O=C(NCCCS(=O)(=O)c1ccccc1)C(c1ccccc1)N1CCCCC1=O. The zero-order chi connectivity index (χ0) is 20.7. The normalized spacial score (nSPS) is 15.7. The summed E-state index contributed by atoms with van der Waals surface area (Å²) in [5.41, 5.74) is 0.761. The van der Waals surface area contributed by atoms with Gasteiger partial charge in [-0.15, -0.1) is 0 Å². The lowest BCUT2D eigenvalue weighted by Gasteiger charge is -2.34. The highest BCUT2D eigenvalue weighted by molar-refractivity contribution is 7.91. The highest BCUT2D eigenvalue weighted by Crippen LogP contribution is 2.25. The Morgan fingerprint density at radius 1 is 1.00 bits per heavy atom. The Morgan fingerprint density at radius 2 is 1.66 bits per heavy atom. The summed E-state index contributed by atoms with van der Waals surface area (Å²) in [5.74, 6) is -0.342. The van der Waals surface area contributed by atoms with Crippen LogP contribution in [0, 0.1) is 0 Å². The van der Waals surface area contributed by atoms with Crippen LogP contribution in [-0.2, 0) is 19.4 Å². The van der Waals surface area contributed by atoms with Gasteiger partial charge in [-0.25, -0.2) is 8.42 Å². The van der Waals surface area contributed by atoms with Crippen molar-refractivity contribution in [1.82, 2.24) is 10.2 Å². The van der Waals surface area contributed by atoms with E-state index in [-0.39, 0.29) is 29.0 Å². The molecule has 1 aliphatic heterocycles. The number of benzene rings is 2. The number of nitrogens with zero attached hydrogens (tertiary/aromatic N) is 1. The van der Waals surface area contributed by atoms with Crippen LogP contribution in [0.3, 0.4) is 0 Å². The summed E-state index contributed by atoms with van der Waals surface area (Å²) in [6.07, 6.45) is 2.47. The van der Waals surface area contributed by atoms with Gasteiger partial charge in [0.15, 0.2) is 9.84 Å². The standard InChI is InChI=1S/C22H26N2O4S/c25-20-14-7-8-16-24(20)21(18-10-3-1-4-11-18)22(26)23-15-9-17-29(27,28)19-12-5-2-6-13-19/h1-6,10-13,21H,7-9,14-17H2,(H,23,26). The Balaban J connectivity index is 1.62. The monoisotopic (exact) mass is 414 g/mol. The Labute approximate surface area is 171 Å². The number of nitrogens with one attached hydrogen (secondary N) is 1. The van der Waals surface area contributed by atoms with Crippen molar-refractivity contribution in [3.05, 3.63) is 66.2 Å². The lowest BCUT2D eigenvalue weighted by atomic mass is 10.0. The first-order chi connectivity index (χ1) is 14.0. The summed E-state index contributed by atoms with van der Waals surface area (Å²) in [7, 11) is -3.38. The van der Waals surface area contributed by atoms with Crippen molar-refractivity contribution in [2.75, 3.05) is 18.8 Å². The summed E-state index contributed by atoms with van der Waals surface area (Å²) in [4.78, 5) is 27.2. The predicted molar refractivity (Wildman–Crippen MR) is 111 cm³/mol. The van der Waals surface area contributed by atoms with E-state index in [1.807, 2.05) is 30.3 Å². The third kappa shape index (κ3) is 5.44. The smallest absolute Gasteiger partial charge is 0.247 e. The van der Waals surface area contributed by atoms with Crippen molar-refractivity contribution in [2.45, 2.75) is 36.6 Å². The Kier molecular flexibility index (Phi) is 7.04. The molecule has 1 atom stereocenters. The molecule has 0 aromatic heterocycles. The van der Waals surface area contributed by atoms with Gasteiger partial charge < -0.3 is 10.2 Å². The highest BCUT2D eigenvalue weighted by Gasteiger charge is 2.32. The molecule has 1 N–H and O–H groups in total. The van der Waals surface area contributed by atoms with E-state index in [1.54, 1.807) is 35.2 Å². The molecule has 3 rings (SSSR count). The molecule has 0 aliphatic carbocycles. The van der Waals surface area contributed by atoms with E-state index in [0.717, 1.165) is 18.4 Å². The molecule has 1 fully saturated rings. The van der Waals surface area contributed by atoms with E-state index in [2.05, 4.69) is 5.32 Å². The van der Waals surface area contributed by atoms with Crippen LogP contribution in [0.5, 0.6) is 0 Å². The first-order valence-electron chi connectivity index (χ1n) is 9.89. The summed E-state index contributed by atoms with van der Waals surface area (Å²) >= 11 is 0. The van der Waals surface area contributed by atoms with Crippen LogP contribution in [0.2, 0.25) is 0 Å². The van der Waals surface area contributed by atoms with Crippen molar-refractivity contribution >= 4 is 21.7 Å². The zero-order valence-electron chi connectivity index (χ0n) is 16.3. The molecule has 2 aromatic carbocycles. The Hall–Kier alpha value is -2.67. The maximum absolute atomic E-state index is 12.9. The van der Waals surface area contributed by atoms with Crippen LogP contribution in [0.15, 0.2) is 65.6 Å². The zero-order valence-corrected chi connectivity index (χ0v) is 17.1. The molecule has 1 aliphatic rings. The second kappa shape index (κ2) is 9.69. The second-order valence-electron chi connectivity index (χ2n) is 7.13. The molecule has 1 saturated heterocycles. The Morgan fingerprint density at radius 3 is 2.31 bits per heavy atom. The molecule has 1 unspecified atom stereocenters. The number of rotatable bonds is 8. The minimum Gasteiger partial charge on any atom is -0.354 e. The molecule has 29 heavy (non-hydrogen) atoms. The van der Waals surface area contributed by atoms with Gasteiger partial charge in [-0.1, -0.05) is 48.5 Å². The van der Waals surface area contributed by atoms with Crippen LogP contribution in [-0.4, -0.2) is 44.0 Å². The molecular weight excluding hydrogens is 388 g/mol. The van der Waals surface area contributed by atoms with Gasteiger partial charge in [0, 0.05) is 19.5 Å². The van der Waals surface area contributed by atoms with Crippen LogP contribution >= 0.6 is 0 Å². The number of carbonyl (C=O) groups excluding carboxylic acids is 2. The largest absolute Gasteiger partial charge is 0.354 e. The number of piperidine rings is 1. The molecule has 154 valence electrons. The van der Waals surface area contributed by atoms with Gasteiger partial charge in [0.05, 0.1) is 10.6 Å². The fourth-order valence-electron chi connectivity index (χ4n) is 3.52. The molecule has 0 radical (unpaired) electrons. The predicted octanol–water partition coefficient (Wildman–Crippen LogP) is 2.72. The van der Waals surface area contributed by atoms with E-state index in [1.165, 1.54) is 0 Å². The average Bonchev–Trinajstić information content (AvgIpc) is 2.74. The van der Waals surface area contributed by atoms with Gasteiger partial charge in [-0.05, 0) is 37.0 Å². The quantitative estimate of drug-likeness (QED) is 0.673. The molecule has 0 saturated carbocycles. The highest BCUT2D eigenvalue weighted by atomic mass is 32.2.